The van der Waals surface area contributed by atoms with Crippen molar-refractivity contribution in [3.05, 3.63) is 35.6 Å². The minimum Gasteiger partial charge on any atom is -0.392 e. The van der Waals surface area contributed by atoms with Crippen molar-refractivity contribution in [2.45, 2.75) is 31.8 Å². The maximum absolute atomic E-state index is 13.1. The molecule has 142 valence electrons. The molecule has 2 aliphatic heterocycles. The third kappa shape index (κ3) is 4.40. The molecule has 1 atom stereocenters. The summed E-state index contributed by atoms with van der Waals surface area (Å²) in [6, 6.07) is 6.21. The molecule has 1 saturated heterocycles. The fourth-order valence-electron chi connectivity index (χ4n) is 3.53. The van der Waals surface area contributed by atoms with Crippen LogP contribution in [0.1, 0.15) is 31.2 Å². The highest BCUT2D eigenvalue weighted by Crippen LogP contribution is 2.38. The molecular weight excluding hydrogens is 339 g/mol. The molecule has 1 N–H and O–H groups in total. The van der Waals surface area contributed by atoms with Crippen molar-refractivity contribution in [2.24, 2.45) is 10.6 Å². The number of carbonyl (C=O) groups excluding carboxylic acids is 1. The van der Waals surface area contributed by atoms with Gasteiger partial charge in [0.25, 0.3) is 0 Å². The fourth-order valence-corrected chi connectivity index (χ4v) is 3.53. The Morgan fingerprint density at radius 2 is 2.08 bits per heavy atom. The predicted octanol–water partition coefficient (Wildman–Crippen LogP) is 2.27. The van der Waals surface area contributed by atoms with Gasteiger partial charge in [-0.25, -0.2) is 4.39 Å². The van der Waals surface area contributed by atoms with Crippen molar-refractivity contribution < 1.29 is 23.5 Å². The zero-order valence-electron chi connectivity index (χ0n) is 15.0. The molecule has 3 rings (SSSR count). The Kier molecular flexibility index (Phi) is 6.21. The minimum absolute atomic E-state index is 0.0247. The first kappa shape index (κ1) is 18.8. The van der Waals surface area contributed by atoms with E-state index in [-0.39, 0.29) is 17.8 Å². The molecule has 0 bridgehead atoms. The average molecular weight is 364 g/mol. The highest BCUT2D eigenvalue weighted by atomic mass is 19.1. The molecule has 2 aliphatic rings. The van der Waals surface area contributed by atoms with Crippen molar-refractivity contribution in [3.63, 3.8) is 0 Å². The first-order chi connectivity index (χ1) is 12.6. The van der Waals surface area contributed by atoms with E-state index in [0.29, 0.717) is 52.0 Å². The van der Waals surface area contributed by atoms with Gasteiger partial charge in [0, 0.05) is 39.7 Å². The predicted molar refractivity (Wildman–Crippen MR) is 94.4 cm³/mol. The van der Waals surface area contributed by atoms with Gasteiger partial charge < -0.3 is 19.6 Å². The molecule has 1 aromatic rings. The van der Waals surface area contributed by atoms with Crippen LogP contribution in [0.3, 0.4) is 0 Å². The van der Waals surface area contributed by atoms with Gasteiger partial charge in [-0.2, -0.15) is 0 Å². The number of amides is 1. The van der Waals surface area contributed by atoms with E-state index in [2.05, 4.69) is 10.5 Å². The Morgan fingerprint density at radius 3 is 2.77 bits per heavy atom. The van der Waals surface area contributed by atoms with Crippen LogP contribution in [-0.4, -0.2) is 51.2 Å². The number of ether oxygens (including phenoxy) is 2. The van der Waals surface area contributed by atoms with Crippen LogP contribution in [0, 0.1) is 11.2 Å². The van der Waals surface area contributed by atoms with Gasteiger partial charge in [-0.05, 0) is 30.5 Å². The molecule has 0 aliphatic carbocycles. The van der Waals surface area contributed by atoms with E-state index >= 15 is 0 Å². The van der Waals surface area contributed by atoms with E-state index in [1.807, 2.05) is 0 Å². The monoisotopic (exact) mass is 364 g/mol. The second-order valence-corrected chi connectivity index (χ2v) is 6.82. The quantitative estimate of drug-likeness (QED) is 0.754. The standard InChI is InChI=1S/C19H25FN2O4/c1-24-11-8-21-18(23)19(6-9-25-10-7-19)13-16-12-17(22-26-16)14-2-4-15(20)5-3-14/h2-5,16H,6-13H2,1H3,(H,21,23)/t16-/m1/s1. The smallest absolute Gasteiger partial charge is 0.226 e. The number of halogens is 1. The molecule has 0 saturated carbocycles. The molecule has 7 heteroatoms. The molecule has 1 aromatic carbocycles. The molecule has 1 amide bonds. The van der Waals surface area contributed by atoms with Gasteiger partial charge in [0.15, 0.2) is 0 Å². The maximum Gasteiger partial charge on any atom is 0.226 e. The van der Waals surface area contributed by atoms with Crippen molar-refractivity contribution in [1.29, 1.82) is 0 Å². The summed E-state index contributed by atoms with van der Waals surface area (Å²) in [7, 11) is 1.61. The summed E-state index contributed by atoms with van der Waals surface area (Å²) in [5.41, 5.74) is 1.13. The number of rotatable bonds is 7. The van der Waals surface area contributed by atoms with Crippen molar-refractivity contribution in [3.8, 4) is 0 Å². The zero-order chi connectivity index (χ0) is 18.4. The van der Waals surface area contributed by atoms with Gasteiger partial charge in [-0.3, -0.25) is 4.79 Å². The Labute approximate surface area is 152 Å². The number of methoxy groups -OCH3 is 1. The van der Waals surface area contributed by atoms with Gasteiger partial charge in [-0.1, -0.05) is 17.3 Å². The van der Waals surface area contributed by atoms with Crippen LogP contribution >= 0.6 is 0 Å². The summed E-state index contributed by atoms with van der Waals surface area (Å²) in [6.45, 7) is 2.10. The summed E-state index contributed by atoms with van der Waals surface area (Å²) >= 11 is 0. The topological polar surface area (TPSA) is 69.2 Å². The Balaban J connectivity index is 1.63. The van der Waals surface area contributed by atoms with Gasteiger partial charge in [0.05, 0.1) is 17.7 Å². The molecule has 0 aromatic heterocycles. The van der Waals surface area contributed by atoms with Crippen LogP contribution in [0.15, 0.2) is 29.4 Å². The number of carbonyl (C=O) groups is 1. The van der Waals surface area contributed by atoms with E-state index in [4.69, 9.17) is 14.3 Å². The number of hydrogen-bond acceptors (Lipinski definition) is 5. The highest BCUT2D eigenvalue weighted by Gasteiger charge is 2.43. The highest BCUT2D eigenvalue weighted by molar-refractivity contribution is 6.01. The number of nitrogens with one attached hydrogen (secondary N) is 1. The summed E-state index contributed by atoms with van der Waals surface area (Å²) in [5, 5.41) is 7.12. The van der Waals surface area contributed by atoms with E-state index in [1.54, 1.807) is 19.2 Å². The van der Waals surface area contributed by atoms with Crippen LogP contribution in [0.4, 0.5) is 4.39 Å². The van der Waals surface area contributed by atoms with Crippen molar-refractivity contribution in [1.82, 2.24) is 5.32 Å². The molecule has 26 heavy (non-hydrogen) atoms. The van der Waals surface area contributed by atoms with Gasteiger partial charge in [0.1, 0.15) is 11.9 Å². The van der Waals surface area contributed by atoms with E-state index in [0.717, 1.165) is 11.3 Å². The van der Waals surface area contributed by atoms with Crippen molar-refractivity contribution in [2.75, 3.05) is 33.5 Å². The summed E-state index contributed by atoms with van der Waals surface area (Å²) in [5.74, 6) is -0.254. The number of benzene rings is 1. The Hall–Kier alpha value is -1.99. The number of oxime groups is 1. The Bertz CT molecular complexity index is 641. The second kappa shape index (κ2) is 8.60. The van der Waals surface area contributed by atoms with Crippen LogP contribution in [0.2, 0.25) is 0 Å². The minimum atomic E-state index is -0.509. The zero-order valence-corrected chi connectivity index (χ0v) is 15.0. The SMILES string of the molecule is COCCNC(=O)C1(C[C@H]2CC(c3ccc(F)cc3)=NO2)CCOCC1. The van der Waals surface area contributed by atoms with Crippen LogP contribution in [0.5, 0.6) is 0 Å². The first-order valence-electron chi connectivity index (χ1n) is 8.96. The Morgan fingerprint density at radius 1 is 1.35 bits per heavy atom. The molecular formula is C19H25FN2O4. The molecule has 1 fully saturated rings. The lowest BCUT2D eigenvalue weighted by molar-refractivity contribution is -0.140. The largest absolute Gasteiger partial charge is 0.392 e. The maximum atomic E-state index is 13.1. The van der Waals surface area contributed by atoms with E-state index < -0.39 is 5.41 Å². The van der Waals surface area contributed by atoms with Crippen LogP contribution in [0.25, 0.3) is 0 Å². The van der Waals surface area contributed by atoms with E-state index in [9.17, 15) is 9.18 Å². The molecule has 0 spiro atoms. The van der Waals surface area contributed by atoms with Crippen LogP contribution in [-0.2, 0) is 19.1 Å². The first-order valence-corrected chi connectivity index (χ1v) is 8.96. The molecule has 0 unspecified atom stereocenters. The normalized spacial score (nSPS) is 21.8. The van der Waals surface area contributed by atoms with Gasteiger partial charge in [0.2, 0.25) is 5.91 Å². The average Bonchev–Trinajstić information content (AvgIpc) is 3.11. The molecule has 6 nitrogen and oxygen atoms in total. The lowest BCUT2D eigenvalue weighted by Gasteiger charge is -2.36. The lowest BCUT2D eigenvalue weighted by Crippen LogP contribution is -2.47. The third-order valence-corrected chi connectivity index (χ3v) is 5.05. The lowest BCUT2D eigenvalue weighted by atomic mass is 9.74. The van der Waals surface area contributed by atoms with Crippen molar-refractivity contribution >= 4 is 11.6 Å². The van der Waals surface area contributed by atoms with E-state index in [1.165, 1.54) is 12.1 Å². The molecule has 2 heterocycles. The molecule has 0 radical (unpaired) electrons. The number of nitrogens with zero attached hydrogens (tertiary/aromatic N) is 1. The van der Waals surface area contributed by atoms with Crippen LogP contribution < -0.4 is 5.32 Å². The summed E-state index contributed by atoms with van der Waals surface area (Å²) in [6.07, 6.45) is 2.36. The number of hydrogen-bond donors (Lipinski definition) is 1. The summed E-state index contributed by atoms with van der Waals surface area (Å²) in [4.78, 5) is 18.4. The fraction of sp³-hybridized carbons (Fsp3) is 0.579. The van der Waals surface area contributed by atoms with Gasteiger partial charge in [-0.15, -0.1) is 0 Å². The second-order valence-electron chi connectivity index (χ2n) is 6.82. The summed E-state index contributed by atoms with van der Waals surface area (Å²) < 4.78 is 23.6. The van der Waals surface area contributed by atoms with Gasteiger partial charge >= 0.3 is 0 Å². The third-order valence-electron chi connectivity index (χ3n) is 5.05.